The lowest BCUT2D eigenvalue weighted by atomic mass is 10.2. The molecule has 0 aliphatic rings. The first-order valence-electron chi connectivity index (χ1n) is 6.23. The molecule has 0 saturated carbocycles. The van der Waals surface area contributed by atoms with Crippen molar-refractivity contribution < 1.29 is 14.4 Å². The SMILES string of the molecule is COc1ccc(Cn2cc(C(=O)N(C)OC)c(Br)n2)cc1. The average molecular weight is 354 g/mol. The first-order chi connectivity index (χ1) is 10.0. The Morgan fingerprint density at radius 2 is 2.00 bits per heavy atom. The number of nitrogens with zero attached hydrogens (tertiary/aromatic N) is 3. The number of aromatic nitrogens is 2. The minimum absolute atomic E-state index is 0.259. The molecule has 6 nitrogen and oxygen atoms in total. The molecule has 2 rings (SSSR count). The molecule has 1 amide bonds. The maximum absolute atomic E-state index is 12.0. The molecule has 7 heteroatoms. The summed E-state index contributed by atoms with van der Waals surface area (Å²) in [6.07, 6.45) is 1.69. The van der Waals surface area contributed by atoms with Crippen molar-refractivity contribution in [3.05, 3.63) is 46.2 Å². The lowest BCUT2D eigenvalue weighted by Gasteiger charge is -2.11. The second kappa shape index (κ2) is 6.73. The molecule has 0 saturated heterocycles. The van der Waals surface area contributed by atoms with Crippen LogP contribution in [0.3, 0.4) is 0 Å². The summed E-state index contributed by atoms with van der Waals surface area (Å²) < 4.78 is 7.31. The van der Waals surface area contributed by atoms with Gasteiger partial charge < -0.3 is 4.74 Å². The molecule has 0 aliphatic carbocycles. The molecule has 0 unspecified atom stereocenters. The van der Waals surface area contributed by atoms with Gasteiger partial charge in [-0.2, -0.15) is 5.10 Å². The van der Waals surface area contributed by atoms with Crippen LogP contribution in [-0.4, -0.2) is 42.0 Å². The Balaban J connectivity index is 2.16. The highest BCUT2D eigenvalue weighted by Gasteiger charge is 2.18. The Hall–Kier alpha value is -1.86. The zero-order valence-corrected chi connectivity index (χ0v) is 13.6. The van der Waals surface area contributed by atoms with Gasteiger partial charge in [0.05, 0.1) is 26.3 Å². The monoisotopic (exact) mass is 353 g/mol. The molecule has 21 heavy (non-hydrogen) atoms. The van der Waals surface area contributed by atoms with Crippen LogP contribution in [0.25, 0.3) is 0 Å². The minimum Gasteiger partial charge on any atom is -0.497 e. The number of halogens is 1. The van der Waals surface area contributed by atoms with Crippen LogP contribution in [0.5, 0.6) is 5.75 Å². The highest BCUT2D eigenvalue weighted by atomic mass is 79.9. The molecule has 0 bridgehead atoms. The number of hydrogen-bond donors (Lipinski definition) is 0. The maximum Gasteiger partial charge on any atom is 0.281 e. The van der Waals surface area contributed by atoms with E-state index in [2.05, 4.69) is 21.0 Å². The predicted octanol–water partition coefficient (Wildman–Crippen LogP) is 2.34. The topological polar surface area (TPSA) is 56.6 Å². The summed E-state index contributed by atoms with van der Waals surface area (Å²) in [4.78, 5) is 16.9. The molecule has 112 valence electrons. The van der Waals surface area contributed by atoms with Gasteiger partial charge in [-0.15, -0.1) is 0 Å². The van der Waals surface area contributed by atoms with Crippen molar-refractivity contribution in [1.82, 2.24) is 14.8 Å². The van der Waals surface area contributed by atoms with Gasteiger partial charge in [-0.25, -0.2) is 5.06 Å². The first-order valence-corrected chi connectivity index (χ1v) is 7.02. The fourth-order valence-corrected chi connectivity index (χ4v) is 2.27. The van der Waals surface area contributed by atoms with Gasteiger partial charge in [-0.05, 0) is 33.6 Å². The number of rotatable bonds is 5. The fourth-order valence-electron chi connectivity index (χ4n) is 1.79. The van der Waals surface area contributed by atoms with Crippen LogP contribution >= 0.6 is 15.9 Å². The number of carbonyl (C=O) groups is 1. The number of hydroxylamine groups is 2. The van der Waals surface area contributed by atoms with Crippen LogP contribution in [-0.2, 0) is 11.4 Å². The Bertz CT molecular complexity index is 625. The minimum atomic E-state index is -0.259. The highest BCUT2D eigenvalue weighted by Crippen LogP contribution is 2.18. The van der Waals surface area contributed by atoms with Crippen molar-refractivity contribution in [2.24, 2.45) is 0 Å². The first kappa shape index (κ1) is 15.5. The van der Waals surface area contributed by atoms with Crippen molar-refractivity contribution in [2.45, 2.75) is 6.54 Å². The zero-order chi connectivity index (χ0) is 15.4. The van der Waals surface area contributed by atoms with E-state index in [0.717, 1.165) is 16.4 Å². The molecule has 0 spiro atoms. The molecule has 0 atom stereocenters. The van der Waals surface area contributed by atoms with Crippen LogP contribution in [0, 0.1) is 0 Å². The van der Waals surface area contributed by atoms with Crippen molar-refractivity contribution in [1.29, 1.82) is 0 Å². The standard InChI is InChI=1S/C14H16BrN3O3/c1-17(21-3)14(19)12-9-18(16-13(12)15)8-10-4-6-11(20-2)7-5-10/h4-7,9H,8H2,1-3H3. The lowest BCUT2D eigenvalue weighted by molar-refractivity contribution is -0.0757. The average Bonchev–Trinajstić information content (AvgIpc) is 2.87. The number of ether oxygens (including phenoxy) is 1. The van der Waals surface area contributed by atoms with Gasteiger partial charge in [0.2, 0.25) is 0 Å². The van der Waals surface area contributed by atoms with E-state index in [4.69, 9.17) is 9.57 Å². The third-order valence-electron chi connectivity index (χ3n) is 3.01. The molecule has 1 aromatic heterocycles. The summed E-state index contributed by atoms with van der Waals surface area (Å²) in [5.74, 6) is 0.545. The summed E-state index contributed by atoms with van der Waals surface area (Å²) in [5.41, 5.74) is 1.51. The van der Waals surface area contributed by atoms with Gasteiger partial charge in [0.15, 0.2) is 0 Å². The number of methoxy groups -OCH3 is 1. The van der Waals surface area contributed by atoms with E-state index in [1.807, 2.05) is 24.3 Å². The van der Waals surface area contributed by atoms with Crippen LogP contribution in [0.15, 0.2) is 35.1 Å². The summed E-state index contributed by atoms with van der Waals surface area (Å²) in [7, 11) is 4.62. The van der Waals surface area contributed by atoms with E-state index in [9.17, 15) is 4.79 Å². The molecular weight excluding hydrogens is 338 g/mol. The predicted molar refractivity (Wildman–Crippen MR) is 81.1 cm³/mol. The third-order valence-corrected chi connectivity index (χ3v) is 3.60. The molecule has 0 N–H and O–H groups in total. The van der Waals surface area contributed by atoms with Gasteiger partial charge in [-0.1, -0.05) is 12.1 Å². The van der Waals surface area contributed by atoms with Crippen molar-refractivity contribution >= 4 is 21.8 Å². The third kappa shape index (κ3) is 3.62. The van der Waals surface area contributed by atoms with E-state index in [1.54, 1.807) is 25.0 Å². The fraction of sp³-hybridized carbons (Fsp3) is 0.286. The summed E-state index contributed by atoms with van der Waals surface area (Å²) in [6, 6.07) is 7.69. The van der Waals surface area contributed by atoms with Crippen molar-refractivity contribution in [2.75, 3.05) is 21.3 Å². The van der Waals surface area contributed by atoms with Crippen molar-refractivity contribution in [3.63, 3.8) is 0 Å². The molecule has 1 heterocycles. The van der Waals surface area contributed by atoms with E-state index in [1.165, 1.54) is 7.11 Å². The summed E-state index contributed by atoms with van der Waals surface area (Å²) >= 11 is 3.30. The van der Waals surface area contributed by atoms with Crippen molar-refractivity contribution in [3.8, 4) is 5.75 Å². The number of benzene rings is 1. The number of carbonyl (C=O) groups excluding carboxylic acids is 1. The van der Waals surface area contributed by atoms with Gasteiger partial charge in [0.1, 0.15) is 10.4 Å². The number of hydrogen-bond acceptors (Lipinski definition) is 4. The zero-order valence-electron chi connectivity index (χ0n) is 12.0. The summed E-state index contributed by atoms with van der Waals surface area (Å²) in [6.45, 7) is 0.562. The second-order valence-corrected chi connectivity index (χ2v) is 5.12. The molecule has 0 aliphatic heterocycles. The van der Waals surface area contributed by atoms with Crippen LogP contribution in [0.1, 0.15) is 15.9 Å². The Morgan fingerprint density at radius 1 is 1.33 bits per heavy atom. The largest absolute Gasteiger partial charge is 0.497 e. The normalized spacial score (nSPS) is 10.5. The van der Waals surface area contributed by atoms with Gasteiger partial charge >= 0.3 is 0 Å². The number of amides is 1. The smallest absolute Gasteiger partial charge is 0.281 e. The molecule has 0 fully saturated rings. The highest BCUT2D eigenvalue weighted by molar-refractivity contribution is 9.10. The summed E-state index contributed by atoms with van der Waals surface area (Å²) in [5, 5.41) is 5.44. The Morgan fingerprint density at radius 3 is 2.57 bits per heavy atom. The molecule has 2 aromatic rings. The van der Waals surface area contributed by atoms with Crippen LogP contribution in [0.4, 0.5) is 0 Å². The molecule has 0 radical (unpaired) electrons. The van der Waals surface area contributed by atoms with Gasteiger partial charge in [0, 0.05) is 13.2 Å². The van der Waals surface area contributed by atoms with Gasteiger partial charge in [0.25, 0.3) is 5.91 Å². The van der Waals surface area contributed by atoms with E-state index in [-0.39, 0.29) is 5.91 Å². The lowest BCUT2D eigenvalue weighted by Crippen LogP contribution is -2.25. The molecular formula is C14H16BrN3O3. The van der Waals surface area contributed by atoms with Crippen LogP contribution < -0.4 is 4.74 Å². The van der Waals surface area contributed by atoms with E-state index in [0.29, 0.717) is 16.7 Å². The maximum atomic E-state index is 12.0. The second-order valence-electron chi connectivity index (χ2n) is 4.36. The van der Waals surface area contributed by atoms with Crippen LogP contribution in [0.2, 0.25) is 0 Å². The van der Waals surface area contributed by atoms with E-state index >= 15 is 0 Å². The van der Waals surface area contributed by atoms with E-state index < -0.39 is 0 Å². The quantitative estimate of drug-likeness (QED) is 0.774. The molecule has 1 aromatic carbocycles. The van der Waals surface area contributed by atoms with Gasteiger partial charge in [-0.3, -0.25) is 14.3 Å². The Kier molecular flexibility index (Phi) is 4.98. The Labute approximate surface area is 131 Å².